The third-order valence-corrected chi connectivity index (χ3v) is 3.22. The zero-order valence-electron chi connectivity index (χ0n) is 14.0. The summed E-state index contributed by atoms with van der Waals surface area (Å²) in [5, 5.41) is 10.9. The molecule has 2 rings (SSSR count). The summed E-state index contributed by atoms with van der Waals surface area (Å²) in [4.78, 5) is 33.7. The quantitative estimate of drug-likeness (QED) is 0.319. The van der Waals surface area contributed by atoms with Crippen LogP contribution in [0.15, 0.2) is 42.5 Å². The van der Waals surface area contributed by atoms with E-state index in [0.717, 1.165) is 0 Å². The zero-order valence-corrected chi connectivity index (χ0v) is 14.0. The number of hydrogen-bond acceptors (Lipinski definition) is 8. The summed E-state index contributed by atoms with van der Waals surface area (Å²) in [6, 6.07) is 9.79. The Hall–Kier alpha value is -3.62. The third kappa shape index (κ3) is 4.47. The van der Waals surface area contributed by atoms with Gasteiger partial charge in [-0.05, 0) is 24.3 Å². The summed E-state index contributed by atoms with van der Waals surface area (Å²) in [6.07, 6.45) is 0. The van der Waals surface area contributed by atoms with Gasteiger partial charge >= 0.3 is 17.6 Å². The van der Waals surface area contributed by atoms with E-state index in [4.69, 9.17) is 14.2 Å². The highest BCUT2D eigenvalue weighted by molar-refractivity contribution is 5.90. The molecule has 9 heteroatoms. The number of nitro benzene ring substituents is 1. The molecule has 2 aromatic carbocycles. The smallest absolute Gasteiger partial charge is 0.349 e. The number of esters is 2. The minimum absolute atomic E-state index is 0.0533. The van der Waals surface area contributed by atoms with Crippen molar-refractivity contribution in [2.45, 2.75) is 0 Å². The molecule has 0 saturated heterocycles. The van der Waals surface area contributed by atoms with Gasteiger partial charge in [-0.1, -0.05) is 12.1 Å². The Morgan fingerprint density at radius 1 is 1.04 bits per heavy atom. The van der Waals surface area contributed by atoms with Crippen LogP contribution < -0.4 is 14.2 Å². The van der Waals surface area contributed by atoms with Crippen molar-refractivity contribution < 1.29 is 33.5 Å². The van der Waals surface area contributed by atoms with Crippen molar-refractivity contribution in [3.05, 3.63) is 58.1 Å². The average molecular weight is 361 g/mol. The standard InChI is InChI=1S/C17H15NO8/c1-23-15-9-11(17(20)24-2)7-8-14(15)26-16(19)10-25-13-6-4-3-5-12(13)18(21)22/h3-9H,10H2,1-2H3. The molecular weight excluding hydrogens is 346 g/mol. The molecule has 0 aliphatic rings. The molecule has 0 saturated carbocycles. The van der Waals surface area contributed by atoms with Crippen LogP contribution in [0.3, 0.4) is 0 Å². The molecule has 0 bridgehead atoms. The molecule has 0 aromatic heterocycles. The second kappa shape index (κ2) is 8.47. The van der Waals surface area contributed by atoms with Gasteiger partial charge in [0.05, 0.1) is 24.7 Å². The van der Waals surface area contributed by atoms with Gasteiger partial charge in [-0.2, -0.15) is 0 Å². The maximum absolute atomic E-state index is 11.9. The van der Waals surface area contributed by atoms with Crippen LogP contribution in [-0.2, 0) is 9.53 Å². The molecular formula is C17H15NO8. The monoisotopic (exact) mass is 361 g/mol. The van der Waals surface area contributed by atoms with Crippen LogP contribution in [0.5, 0.6) is 17.2 Å². The van der Waals surface area contributed by atoms with E-state index in [2.05, 4.69) is 4.74 Å². The van der Waals surface area contributed by atoms with Crippen LogP contribution in [-0.4, -0.2) is 37.7 Å². The molecule has 0 aliphatic carbocycles. The summed E-state index contributed by atoms with van der Waals surface area (Å²) in [5.41, 5.74) is -0.0411. The van der Waals surface area contributed by atoms with E-state index < -0.39 is 23.5 Å². The first kappa shape index (κ1) is 18.7. The van der Waals surface area contributed by atoms with Gasteiger partial charge in [0.1, 0.15) is 0 Å². The predicted molar refractivity (Wildman–Crippen MR) is 88.6 cm³/mol. The Labute approximate surface area is 148 Å². The van der Waals surface area contributed by atoms with Gasteiger partial charge in [-0.15, -0.1) is 0 Å². The first-order chi connectivity index (χ1) is 12.5. The number of nitro groups is 1. The van der Waals surface area contributed by atoms with Crippen LogP contribution in [0, 0.1) is 10.1 Å². The molecule has 2 aromatic rings. The summed E-state index contributed by atoms with van der Waals surface area (Å²) in [5.74, 6) is -1.21. The first-order valence-corrected chi connectivity index (χ1v) is 7.29. The molecule has 0 spiro atoms. The summed E-state index contributed by atoms with van der Waals surface area (Å²) >= 11 is 0. The Kier molecular flexibility index (Phi) is 6.10. The lowest BCUT2D eigenvalue weighted by molar-refractivity contribution is -0.385. The minimum Gasteiger partial charge on any atom is -0.493 e. The van der Waals surface area contributed by atoms with E-state index in [9.17, 15) is 19.7 Å². The normalized spacial score (nSPS) is 9.92. The molecule has 136 valence electrons. The number of carbonyl (C=O) groups excluding carboxylic acids is 2. The van der Waals surface area contributed by atoms with E-state index in [1.807, 2.05) is 0 Å². The second-order valence-electron chi connectivity index (χ2n) is 4.84. The van der Waals surface area contributed by atoms with Crippen LogP contribution in [0.25, 0.3) is 0 Å². The number of ether oxygens (including phenoxy) is 4. The number of hydrogen-bond donors (Lipinski definition) is 0. The fraction of sp³-hybridized carbons (Fsp3) is 0.176. The molecule has 0 N–H and O–H groups in total. The Balaban J connectivity index is 2.06. The highest BCUT2D eigenvalue weighted by Crippen LogP contribution is 2.29. The largest absolute Gasteiger partial charge is 0.493 e. The summed E-state index contributed by atoms with van der Waals surface area (Å²) < 4.78 is 19.9. The topological polar surface area (TPSA) is 114 Å². The maximum atomic E-state index is 11.9. The van der Waals surface area contributed by atoms with Crippen molar-refractivity contribution in [3.8, 4) is 17.2 Å². The van der Waals surface area contributed by atoms with Gasteiger partial charge < -0.3 is 18.9 Å². The van der Waals surface area contributed by atoms with Crippen LogP contribution in [0.2, 0.25) is 0 Å². The zero-order chi connectivity index (χ0) is 19.1. The van der Waals surface area contributed by atoms with Gasteiger partial charge in [0.2, 0.25) is 0 Å². The Morgan fingerprint density at radius 3 is 2.42 bits per heavy atom. The van der Waals surface area contributed by atoms with Crippen molar-refractivity contribution in [2.75, 3.05) is 20.8 Å². The van der Waals surface area contributed by atoms with E-state index in [0.29, 0.717) is 0 Å². The number of nitrogens with zero attached hydrogens (tertiary/aromatic N) is 1. The lowest BCUT2D eigenvalue weighted by atomic mass is 10.2. The summed E-state index contributed by atoms with van der Waals surface area (Å²) in [6.45, 7) is -0.549. The highest BCUT2D eigenvalue weighted by atomic mass is 16.6. The van der Waals surface area contributed by atoms with E-state index in [1.165, 1.54) is 50.6 Å². The fourth-order valence-corrected chi connectivity index (χ4v) is 2.02. The third-order valence-electron chi connectivity index (χ3n) is 3.22. The Morgan fingerprint density at radius 2 is 1.77 bits per heavy atom. The number of benzene rings is 2. The van der Waals surface area contributed by atoms with Crippen molar-refractivity contribution in [1.82, 2.24) is 0 Å². The van der Waals surface area contributed by atoms with Gasteiger partial charge in [-0.3, -0.25) is 10.1 Å². The van der Waals surface area contributed by atoms with Gasteiger partial charge in [0, 0.05) is 6.07 Å². The maximum Gasteiger partial charge on any atom is 0.349 e. The molecule has 26 heavy (non-hydrogen) atoms. The van der Waals surface area contributed by atoms with E-state index in [-0.39, 0.29) is 28.5 Å². The van der Waals surface area contributed by atoms with Crippen molar-refractivity contribution in [2.24, 2.45) is 0 Å². The predicted octanol–water partition coefficient (Wildman–Crippen LogP) is 2.37. The van der Waals surface area contributed by atoms with Gasteiger partial charge in [0.25, 0.3) is 0 Å². The number of carbonyl (C=O) groups is 2. The van der Waals surface area contributed by atoms with Gasteiger partial charge in [0.15, 0.2) is 23.9 Å². The van der Waals surface area contributed by atoms with E-state index >= 15 is 0 Å². The highest BCUT2D eigenvalue weighted by Gasteiger charge is 2.17. The SMILES string of the molecule is COC(=O)c1ccc(OC(=O)COc2ccccc2[N+](=O)[O-])c(OC)c1. The molecule has 0 aliphatic heterocycles. The molecule has 9 nitrogen and oxygen atoms in total. The van der Waals surface area contributed by atoms with E-state index in [1.54, 1.807) is 6.07 Å². The number of methoxy groups -OCH3 is 2. The van der Waals surface area contributed by atoms with Crippen LogP contribution in [0.1, 0.15) is 10.4 Å². The molecule has 0 fully saturated rings. The number of rotatable bonds is 7. The van der Waals surface area contributed by atoms with Crippen molar-refractivity contribution >= 4 is 17.6 Å². The average Bonchev–Trinajstić information content (AvgIpc) is 2.66. The molecule has 0 unspecified atom stereocenters. The number of para-hydroxylation sites is 2. The molecule has 0 radical (unpaired) electrons. The summed E-state index contributed by atoms with van der Waals surface area (Å²) in [7, 11) is 2.58. The molecule has 0 amide bonds. The molecule has 0 atom stereocenters. The Bertz CT molecular complexity index is 833. The minimum atomic E-state index is -0.799. The first-order valence-electron chi connectivity index (χ1n) is 7.29. The lowest BCUT2D eigenvalue weighted by Gasteiger charge is -2.11. The van der Waals surface area contributed by atoms with Gasteiger partial charge in [-0.25, -0.2) is 9.59 Å². The lowest BCUT2D eigenvalue weighted by Crippen LogP contribution is -2.18. The molecule has 0 heterocycles. The van der Waals surface area contributed by atoms with Crippen molar-refractivity contribution in [1.29, 1.82) is 0 Å². The second-order valence-corrected chi connectivity index (χ2v) is 4.84. The van der Waals surface area contributed by atoms with Crippen LogP contribution >= 0.6 is 0 Å². The fourth-order valence-electron chi connectivity index (χ4n) is 2.02. The van der Waals surface area contributed by atoms with Crippen molar-refractivity contribution in [3.63, 3.8) is 0 Å². The van der Waals surface area contributed by atoms with Crippen LogP contribution in [0.4, 0.5) is 5.69 Å².